The zero-order valence-corrected chi connectivity index (χ0v) is 19.1. The van der Waals surface area contributed by atoms with Gasteiger partial charge in [0.25, 0.3) is 5.78 Å². The normalized spacial score (nSPS) is 14.9. The van der Waals surface area contributed by atoms with E-state index in [2.05, 4.69) is 15.1 Å². The van der Waals surface area contributed by atoms with E-state index in [4.69, 9.17) is 4.74 Å². The summed E-state index contributed by atoms with van der Waals surface area (Å²) >= 11 is 0. The highest BCUT2D eigenvalue weighted by atomic mass is 32.2. The molecule has 1 saturated heterocycles. The molecule has 1 aromatic carbocycles. The second-order valence-electron chi connectivity index (χ2n) is 7.45. The van der Waals surface area contributed by atoms with Gasteiger partial charge >= 0.3 is 5.97 Å². The summed E-state index contributed by atoms with van der Waals surface area (Å²) in [5.74, 6) is 0.670. The molecule has 0 amide bonds. The van der Waals surface area contributed by atoms with Crippen molar-refractivity contribution in [2.24, 2.45) is 0 Å². The van der Waals surface area contributed by atoms with Crippen LogP contribution in [0, 0.1) is 18.3 Å². The van der Waals surface area contributed by atoms with E-state index in [-0.39, 0.29) is 42.5 Å². The predicted octanol–water partition coefficient (Wildman–Crippen LogP) is 0.921. The number of hydrogen-bond acceptors (Lipinski definition) is 9. The molecule has 0 spiro atoms. The number of piperazine rings is 1. The third-order valence-corrected chi connectivity index (χ3v) is 7.45. The maximum atomic E-state index is 13.2. The van der Waals surface area contributed by atoms with Crippen molar-refractivity contribution in [2.45, 2.75) is 25.2 Å². The number of anilines is 1. The molecule has 0 unspecified atom stereocenters. The minimum atomic E-state index is -3.82. The molecule has 2 aromatic heterocycles. The van der Waals surface area contributed by atoms with Crippen LogP contribution in [0.3, 0.4) is 0 Å². The Morgan fingerprint density at radius 1 is 1.21 bits per heavy atom. The van der Waals surface area contributed by atoms with Gasteiger partial charge in [0.2, 0.25) is 10.0 Å². The van der Waals surface area contributed by atoms with Crippen LogP contribution < -0.4 is 4.90 Å². The Kier molecular flexibility index (Phi) is 6.26. The fourth-order valence-electron chi connectivity index (χ4n) is 3.92. The lowest BCUT2D eigenvalue weighted by atomic mass is 10.1. The number of nitriles is 1. The van der Waals surface area contributed by atoms with Gasteiger partial charge in [0.1, 0.15) is 18.2 Å². The molecule has 3 aromatic rings. The predicted molar refractivity (Wildman–Crippen MR) is 118 cm³/mol. The van der Waals surface area contributed by atoms with E-state index in [0.717, 1.165) is 0 Å². The van der Waals surface area contributed by atoms with Crippen molar-refractivity contribution in [1.82, 2.24) is 23.9 Å². The summed E-state index contributed by atoms with van der Waals surface area (Å²) in [7, 11) is -3.82. The molecule has 0 aliphatic carbocycles. The van der Waals surface area contributed by atoms with Gasteiger partial charge in [0.15, 0.2) is 0 Å². The molecule has 1 aliphatic rings. The SMILES string of the molecule is CCOC(=O)Cc1c(C)nc2ncnn2c1N1CCN(S(=O)(=O)c2ccccc2C#N)CC1. The molecule has 12 heteroatoms. The van der Waals surface area contributed by atoms with Gasteiger partial charge in [-0.05, 0) is 26.0 Å². The zero-order valence-electron chi connectivity index (χ0n) is 18.3. The van der Waals surface area contributed by atoms with Crippen molar-refractivity contribution >= 4 is 27.6 Å². The van der Waals surface area contributed by atoms with Crippen molar-refractivity contribution in [2.75, 3.05) is 37.7 Å². The first kappa shape index (κ1) is 22.6. The summed E-state index contributed by atoms with van der Waals surface area (Å²) in [6, 6.07) is 8.13. The molecular weight excluding hydrogens is 446 g/mol. The molecule has 11 nitrogen and oxygen atoms in total. The topological polar surface area (TPSA) is 134 Å². The number of sulfonamides is 1. The van der Waals surface area contributed by atoms with E-state index in [1.807, 2.05) is 11.0 Å². The quantitative estimate of drug-likeness (QED) is 0.483. The van der Waals surface area contributed by atoms with Gasteiger partial charge in [-0.15, -0.1) is 0 Å². The van der Waals surface area contributed by atoms with Gasteiger partial charge in [0.05, 0.1) is 23.5 Å². The molecule has 33 heavy (non-hydrogen) atoms. The molecule has 3 heterocycles. The van der Waals surface area contributed by atoms with Crippen molar-refractivity contribution < 1.29 is 17.9 Å². The van der Waals surface area contributed by atoms with Crippen LogP contribution in [-0.2, 0) is 26.0 Å². The third kappa shape index (κ3) is 4.24. The number of fused-ring (bicyclic) bond motifs is 1. The Bertz CT molecular complexity index is 1340. The first-order valence-electron chi connectivity index (χ1n) is 10.5. The molecule has 0 radical (unpaired) electrons. The van der Waals surface area contributed by atoms with Crippen LogP contribution in [0.15, 0.2) is 35.5 Å². The summed E-state index contributed by atoms with van der Waals surface area (Å²) in [6.07, 6.45) is 1.41. The molecule has 0 bridgehead atoms. The van der Waals surface area contributed by atoms with Gasteiger partial charge < -0.3 is 9.64 Å². The lowest BCUT2D eigenvalue weighted by molar-refractivity contribution is -0.142. The Morgan fingerprint density at radius 2 is 1.94 bits per heavy atom. The highest BCUT2D eigenvalue weighted by Crippen LogP contribution is 2.27. The Morgan fingerprint density at radius 3 is 2.64 bits per heavy atom. The van der Waals surface area contributed by atoms with Crippen molar-refractivity contribution in [1.29, 1.82) is 5.26 Å². The van der Waals surface area contributed by atoms with E-state index in [1.165, 1.54) is 22.8 Å². The standard InChI is InChI=1S/C21H23N7O4S/c1-3-32-19(29)12-17-15(2)25-21-23-14-24-28(21)20(17)26-8-10-27(11-9-26)33(30,31)18-7-5-4-6-16(18)13-22/h4-7,14H,3,8-12H2,1-2H3. The number of carbonyl (C=O) groups excluding carboxylic acids is 1. The van der Waals surface area contributed by atoms with Gasteiger partial charge in [-0.3, -0.25) is 4.79 Å². The average molecular weight is 470 g/mol. The Labute approximate surface area is 191 Å². The second kappa shape index (κ2) is 9.13. The van der Waals surface area contributed by atoms with E-state index in [9.17, 15) is 18.5 Å². The monoisotopic (exact) mass is 469 g/mol. The van der Waals surface area contributed by atoms with E-state index < -0.39 is 10.0 Å². The summed E-state index contributed by atoms with van der Waals surface area (Å²) in [4.78, 5) is 22.8. The first-order chi connectivity index (χ1) is 15.9. The summed E-state index contributed by atoms with van der Waals surface area (Å²) in [5, 5.41) is 13.6. The number of hydrogen-bond donors (Lipinski definition) is 0. The fraction of sp³-hybridized carbons (Fsp3) is 0.381. The number of aryl methyl sites for hydroxylation is 1. The van der Waals surface area contributed by atoms with Crippen LogP contribution in [0.4, 0.5) is 5.82 Å². The molecule has 172 valence electrons. The minimum absolute atomic E-state index is 0.00220. The number of nitrogens with zero attached hydrogens (tertiary/aromatic N) is 7. The molecular formula is C21H23N7O4S. The highest BCUT2D eigenvalue weighted by molar-refractivity contribution is 7.89. The van der Waals surface area contributed by atoms with Crippen LogP contribution in [0.1, 0.15) is 23.7 Å². The number of benzene rings is 1. The van der Waals surface area contributed by atoms with Crippen LogP contribution in [-0.4, -0.2) is 71.1 Å². The lowest BCUT2D eigenvalue weighted by Crippen LogP contribution is -2.49. The molecule has 0 atom stereocenters. The Balaban J connectivity index is 1.64. The zero-order chi connectivity index (χ0) is 23.6. The van der Waals surface area contributed by atoms with E-state index in [1.54, 1.807) is 30.5 Å². The first-order valence-corrected chi connectivity index (χ1v) is 11.9. The second-order valence-corrected chi connectivity index (χ2v) is 9.36. The van der Waals surface area contributed by atoms with E-state index in [0.29, 0.717) is 35.9 Å². The van der Waals surface area contributed by atoms with E-state index >= 15 is 0 Å². The van der Waals surface area contributed by atoms with Crippen molar-refractivity contribution in [3.05, 3.63) is 47.4 Å². The number of rotatable bonds is 6. The molecule has 1 aliphatic heterocycles. The number of esters is 1. The lowest BCUT2D eigenvalue weighted by Gasteiger charge is -2.36. The number of ether oxygens (including phenoxy) is 1. The smallest absolute Gasteiger partial charge is 0.310 e. The Hall–Kier alpha value is -3.56. The van der Waals surface area contributed by atoms with Gasteiger partial charge in [-0.2, -0.15) is 24.2 Å². The fourth-order valence-corrected chi connectivity index (χ4v) is 5.48. The minimum Gasteiger partial charge on any atom is -0.466 e. The number of carbonyl (C=O) groups is 1. The maximum Gasteiger partial charge on any atom is 0.310 e. The summed E-state index contributed by atoms with van der Waals surface area (Å²) in [6.45, 7) is 4.95. The molecule has 1 fully saturated rings. The largest absolute Gasteiger partial charge is 0.466 e. The summed E-state index contributed by atoms with van der Waals surface area (Å²) in [5.41, 5.74) is 1.42. The van der Waals surface area contributed by atoms with Crippen LogP contribution >= 0.6 is 0 Å². The average Bonchev–Trinajstić information content (AvgIpc) is 3.27. The van der Waals surface area contributed by atoms with Crippen LogP contribution in [0.2, 0.25) is 0 Å². The van der Waals surface area contributed by atoms with Crippen molar-refractivity contribution in [3.8, 4) is 6.07 Å². The van der Waals surface area contributed by atoms with Gasteiger partial charge in [-0.1, -0.05) is 12.1 Å². The number of aromatic nitrogens is 4. The maximum absolute atomic E-state index is 13.2. The van der Waals surface area contributed by atoms with Crippen LogP contribution in [0.25, 0.3) is 5.78 Å². The third-order valence-electron chi connectivity index (χ3n) is 5.49. The van der Waals surface area contributed by atoms with Gasteiger partial charge in [0, 0.05) is 37.4 Å². The van der Waals surface area contributed by atoms with Gasteiger partial charge in [-0.25, -0.2) is 13.4 Å². The molecule has 0 saturated carbocycles. The summed E-state index contributed by atoms with van der Waals surface area (Å²) < 4.78 is 34.4. The van der Waals surface area contributed by atoms with Crippen molar-refractivity contribution in [3.63, 3.8) is 0 Å². The molecule has 0 N–H and O–H groups in total. The highest BCUT2D eigenvalue weighted by Gasteiger charge is 2.32. The molecule has 4 rings (SSSR count). The van der Waals surface area contributed by atoms with Crippen LogP contribution in [0.5, 0.6) is 0 Å².